The Morgan fingerprint density at radius 3 is 2.13 bits per heavy atom. The van der Waals surface area contributed by atoms with Gasteiger partial charge in [0.05, 0.1) is 18.9 Å². The zero-order valence-electron chi connectivity index (χ0n) is 38.0. The Hall–Kier alpha value is -7.61. The minimum absolute atomic E-state index is 0.0268. The van der Waals surface area contributed by atoms with Crippen LogP contribution in [0.1, 0.15) is 63.4 Å². The average molecular weight is 940 g/mol. The number of primary amides is 1. The van der Waals surface area contributed by atoms with Crippen molar-refractivity contribution < 1.29 is 52.2 Å². The SMILES string of the molecule is C[C@H](NC(=O)Cc1ccncc1)C(=O)N([C@@H](CC(N)=O)C(=O)O)[C@@H](CCN[C@@H](c1cc(-c2cc(F)ccc2F)cn1Cc1ccccc1)C(C)(C)C)C(=O)NCCNC(=O)CN1C(=O)C=CC1=O. The summed E-state index contributed by atoms with van der Waals surface area (Å²) < 4.78 is 31.6. The molecule has 20 heteroatoms. The van der Waals surface area contributed by atoms with Crippen molar-refractivity contribution in [1.29, 1.82) is 0 Å². The molecule has 0 saturated carbocycles. The Morgan fingerprint density at radius 2 is 1.50 bits per heavy atom. The van der Waals surface area contributed by atoms with E-state index in [1.165, 1.54) is 19.3 Å². The number of carboxylic acids is 1. The molecule has 360 valence electrons. The van der Waals surface area contributed by atoms with Crippen molar-refractivity contribution in [2.24, 2.45) is 11.1 Å². The molecule has 2 aromatic heterocycles. The number of imide groups is 1. The Morgan fingerprint density at radius 1 is 0.838 bits per heavy atom. The van der Waals surface area contributed by atoms with Crippen LogP contribution in [-0.4, -0.2) is 116 Å². The van der Waals surface area contributed by atoms with E-state index < -0.39 is 102 Å². The maximum Gasteiger partial charge on any atom is 0.326 e. The predicted octanol–water partition coefficient (Wildman–Crippen LogP) is 2.37. The van der Waals surface area contributed by atoms with Gasteiger partial charge in [0.15, 0.2) is 0 Å². The van der Waals surface area contributed by atoms with Gasteiger partial charge in [-0.15, -0.1) is 0 Å². The first-order chi connectivity index (χ1) is 32.2. The van der Waals surface area contributed by atoms with Crippen LogP contribution in [0.15, 0.2) is 97.5 Å². The number of carboxylic acid groups (broad SMARTS) is 1. The van der Waals surface area contributed by atoms with Crippen molar-refractivity contribution >= 4 is 47.3 Å². The third-order valence-electron chi connectivity index (χ3n) is 11.0. The normalized spacial score (nSPS) is 14.2. The Labute approximate surface area is 391 Å². The maximum atomic E-state index is 15.2. The lowest BCUT2D eigenvalue weighted by molar-refractivity contribution is -0.157. The van der Waals surface area contributed by atoms with Gasteiger partial charge in [0.1, 0.15) is 36.3 Å². The van der Waals surface area contributed by atoms with Crippen molar-refractivity contribution in [1.82, 2.24) is 40.6 Å². The second-order valence-corrected chi connectivity index (χ2v) is 17.3. The van der Waals surface area contributed by atoms with Gasteiger partial charge in [-0.3, -0.25) is 43.4 Å². The number of aromatic nitrogens is 2. The molecule has 0 saturated heterocycles. The fraction of sp³-hybridized carbons (Fsp3) is 0.354. The lowest BCUT2D eigenvalue weighted by Crippen LogP contribution is -2.61. The Kier molecular flexibility index (Phi) is 17.5. The predicted molar refractivity (Wildman–Crippen MR) is 243 cm³/mol. The molecule has 7 N–H and O–H groups in total. The number of aliphatic carboxylic acids is 1. The molecule has 2 aromatic carbocycles. The number of carbonyl (C=O) groups excluding carboxylic acids is 7. The van der Waals surface area contributed by atoms with Crippen molar-refractivity contribution in [3.8, 4) is 11.1 Å². The van der Waals surface area contributed by atoms with Crippen molar-refractivity contribution in [3.63, 3.8) is 0 Å². The van der Waals surface area contributed by atoms with Gasteiger partial charge in [0.2, 0.25) is 29.5 Å². The molecule has 4 aromatic rings. The van der Waals surface area contributed by atoms with E-state index >= 15 is 4.39 Å². The molecule has 0 fully saturated rings. The second-order valence-electron chi connectivity index (χ2n) is 17.3. The van der Waals surface area contributed by atoms with E-state index in [1.54, 1.807) is 24.4 Å². The molecule has 68 heavy (non-hydrogen) atoms. The fourth-order valence-corrected chi connectivity index (χ4v) is 7.74. The highest BCUT2D eigenvalue weighted by molar-refractivity contribution is 6.14. The number of hydrogen-bond donors (Lipinski definition) is 6. The Balaban J connectivity index is 1.47. The topological polar surface area (TPSA) is 255 Å². The van der Waals surface area contributed by atoms with Gasteiger partial charge >= 0.3 is 5.97 Å². The fourth-order valence-electron chi connectivity index (χ4n) is 7.74. The van der Waals surface area contributed by atoms with Gasteiger partial charge in [-0.1, -0.05) is 51.1 Å². The minimum atomic E-state index is -2.00. The quantitative estimate of drug-likeness (QED) is 0.0465. The number of halogens is 2. The molecular formula is C48H55F2N9O9. The molecule has 1 aliphatic heterocycles. The summed E-state index contributed by atoms with van der Waals surface area (Å²) in [5.41, 5.74) is 7.40. The van der Waals surface area contributed by atoms with E-state index in [0.717, 1.165) is 35.9 Å². The summed E-state index contributed by atoms with van der Waals surface area (Å²) >= 11 is 0. The van der Waals surface area contributed by atoms with Crippen LogP contribution in [0.5, 0.6) is 0 Å². The molecule has 0 aliphatic carbocycles. The maximum absolute atomic E-state index is 15.2. The van der Waals surface area contributed by atoms with Crippen molar-refractivity contribution in [3.05, 3.63) is 126 Å². The lowest BCUT2D eigenvalue weighted by Gasteiger charge is -2.38. The van der Waals surface area contributed by atoms with Gasteiger partial charge < -0.3 is 41.6 Å². The summed E-state index contributed by atoms with van der Waals surface area (Å²) in [7, 11) is 0. The van der Waals surface area contributed by atoms with E-state index in [-0.39, 0.29) is 38.0 Å². The number of nitrogens with zero attached hydrogens (tertiary/aromatic N) is 4. The third-order valence-corrected chi connectivity index (χ3v) is 11.0. The van der Waals surface area contributed by atoms with Gasteiger partial charge in [-0.25, -0.2) is 13.6 Å². The molecule has 0 radical (unpaired) electrons. The van der Waals surface area contributed by atoms with Crippen LogP contribution in [0.25, 0.3) is 11.1 Å². The summed E-state index contributed by atoms with van der Waals surface area (Å²) in [5, 5.41) is 21.6. The highest BCUT2D eigenvalue weighted by atomic mass is 19.1. The van der Waals surface area contributed by atoms with Crippen LogP contribution < -0.4 is 27.0 Å². The van der Waals surface area contributed by atoms with Crippen LogP contribution in [0.3, 0.4) is 0 Å². The van der Waals surface area contributed by atoms with Crippen LogP contribution in [0, 0.1) is 17.0 Å². The molecule has 0 spiro atoms. The number of benzene rings is 2. The lowest BCUT2D eigenvalue weighted by atomic mass is 9.84. The van der Waals surface area contributed by atoms with Crippen molar-refractivity contribution in [2.75, 3.05) is 26.2 Å². The number of nitrogens with one attached hydrogen (secondary N) is 4. The zero-order valence-corrected chi connectivity index (χ0v) is 38.0. The van der Waals surface area contributed by atoms with Crippen LogP contribution in [-0.2, 0) is 51.3 Å². The summed E-state index contributed by atoms with van der Waals surface area (Å²) in [6, 6.07) is 11.8. The van der Waals surface area contributed by atoms with Crippen molar-refractivity contribution in [2.45, 2.75) is 77.7 Å². The monoisotopic (exact) mass is 939 g/mol. The summed E-state index contributed by atoms with van der Waals surface area (Å²) in [4.78, 5) is 109. The molecule has 18 nitrogen and oxygen atoms in total. The van der Waals surface area contributed by atoms with E-state index in [4.69, 9.17) is 5.73 Å². The first-order valence-corrected chi connectivity index (χ1v) is 21.8. The van der Waals surface area contributed by atoms with Gasteiger partial charge in [0.25, 0.3) is 11.8 Å². The largest absolute Gasteiger partial charge is 0.480 e. The van der Waals surface area contributed by atoms with Gasteiger partial charge in [-0.05, 0) is 72.8 Å². The van der Waals surface area contributed by atoms with Gasteiger partial charge in [0, 0.05) is 67.2 Å². The van der Waals surface area contributed by atoms with Crippen LogP contribution in [0.4, 0.5) is 8.78 Å². The second kappa shape index (κ2) is 23.2. The molecule has 5 rings (SSSR count). The van der Waals surface area contributed by atoms with Gasteiger partial charge in [-0.2, -0.15) is 0 Å². The number of carbonyl (C=O) groups is 8. The summed E-state index contributed by atoms with van der Waals surface area (Å²) in [6.45, 7) is 6.22. The van der Waals surface area contributed by atoms with Crippen LogP contribution in [0.2, 0.25) is 0 Å². The number of nitrogens with two attached hydrogens (primary N) is 1. The molecule has 7 amide bonds. The van der Waals surface area contributed by atoms with E-state index in [2.05, 4.69) is 26.3 Å². The van der Waals surface area contributed by atoms with E-state index in [9.17, 15) is 47.9 Å². The molecule has 4 atom stereocenters. The molecule has 0 bridgehead atoms. The first kappa shape index (κ1) is 51.4. The number of pyridine rings is 1. The highest BCUT2D eigenvalue weighted by Gasteiger charge is 2.42. The number of rotatable bonds is 23. The number of amides is 7. The minimum Gasteiger partial charge on any atom is -0.480 e. The first-order valence-electron chi connectivity index (χ1n) is 21.8. The van der Waals surface area contributed by atoms with E-state index in [0.29, 0.717) is 33.2 Å². The smallest absolute Gasteiger partial charge is 0.326 e. The molecule has 3 heterocycles. The Bertz CT molecular complexity index is 2510. The standard InChI is InChI=1S/C48H55F2N9O9/c1-29(56-40(61)22-30-14-17-52-18-15-30)46(66)59(38(47(67)68)25-39(51)60)36(45(65)55-21-20-53-41(62)28-58-42(63)12-13-43(58)64)16-19-54-44(48(2,3)4)37-23-32(34-24-33(49)10-11-35(34)50)27-57(37)26-31-8-6-5-7-9-31/h5-15,17-18,23-24,27,29,36,38,44,54H,16,19-22,25-26,28H2,1-4H3,(H2,51,60)(H,53,62)(H,55,65)(H,56,61)(H,67,68)/t29-,36-,38-,44-/m0/s1. The molecule has 1 aliphatic rings. The summed E-state index contributed by atoms with van der Waals surface area (Å²) in [5.74, 6) is -8.69. The number of hydrogen-bond acceptors (Lipinski definition) is 10. The molecule has 0 unspecified atom stereocenters. The van der Waals surface area contributed by atoms with E-state index in [1.807, 2.05) is 55.7 Å². The molecular weight excluding hydrogens is 885 g/mol. The third kappa shape index (κ3) is 14.0. The zero-order chi connectivity index (χ0) is 49.7. The average Bonchev–Trinajstić information content (AvgIpc) is 3.83. The van der Waals surface area contributed by atoms with Crippen LogP contribution >= 0.6 is 0 Å². The summed E-state index contributed by atoms with van der Waals surface area (Å²) in [6.07, 6.45) is 5.32. The highest BCUT2D eigenvalue weighted by Crippen LogP contribution is 2.37.